The summed E-state index contributed by atoms with van der Waals surface area (Å²) in [5.74, 6) is 1.82. The van der Waals surface area contributed by atoms with Gasteiger partial charge in [0.15, 0.2) is 16.6 Å². The number of thiol groups is 2. The zero-order valence-corrected chi connectivity index (χ0v) is 22.4. The Bertz CT molecular complexity index is 395. The van der Waals surface area contributed by atoms with E-state index in [-0.39, 0.29) is 0 Å². The molecule has 0 aromatic heterocycles. The molecule has 24 heavy (non-hydrogen) atoms. The minimum atomic E-state index is -2.43. The number of hydrogen-bond acceptors (Lipinski definition) is 5. The van der Waals surface area contributed by atoms with Crippen molar-refractivity contribution in [3.63, 3.8) is 0 Å². The zero-order valence-electron chi connectivity index (χ0n) is 16.6. The first-order valence-electron chi connectivity index (χ1n) is 8.76. The van der Waals surface area contributed by atoms with Crippen molar-refractivity contribution < 1.29 is 12.3 Å². The van der Waals surface area contributed by atoms with Crippen LogP contribution in [0.2, 0.25) is 57.9 Å². The van der Waals surface area contributed by atoms with E-state index in [1.165, 1.54) is 0 Å². The second-order valence-corrected chi connectivity index (χ2v) is 24.7. The fraction of sp³-hybridized carbons (Fsp3) is 0.867. The lowest BCUT2D eigenvalue weighted by Crippen LogP contribution is -2.57. The molecule has 0 spiro atoms. The molecule has 144 valence electrons. The van der Waals surface area contributed by atoms with Gasteiger partial charge in [-0.15, -0.1) is 6.58 Å². The van der Waals surface area contributed by atoms with Crippen LogP contribution in [-0.4, -0.2) is 45.3 Å². The van der Waals surface area contributed by atoms with E-state index < -0.39 is 33.8 Å². The Balaban J connectivity index is 4.96. The van der Waals surface area contributed by atoms with Crippen molar-refractivity contribution in [2.24, 2.45) is 0 Å². The van der Waals surface area contributed by atoms with Gasteiger partial charge in [0.1, 0.15) is 0 Å². The molecule has 0 N–H and O–H groups in total. The van der Waals surface area contributed by atoms with E-state index in [0.29, 0.717) is 0 Å². The fourth-order valence-corrected chi connectivity index (χ4v) is 22.1. The van der Waals surface area contributed by atoms with Gasteiger partial charge in [0.25, 0.3) is 0 Å². The average Bonchev–Trinajstić information content (AvgIpc) is 2.40. The van der Waals surface area contributed by atoms with Crippen LogP contribution in [0.1, 0.15) is 12.8 Å². The van der Waals surface area contributed by atoms with Gasteiger partial charge in [0, 0.05) is 0 Å². The van der Waals surface area contributed by atoms with Crippen LogP contribution in [0.25, 0.3) is 0 Å². The van der Waals surface area contributed by atoms with E-state index >= 15 is 0 Å². The molecular formula is C15H38O3S2Si4. The molecule has 0 amide bonds. The molecule has 0 aliphatic rings. The van der Waals surface area contributed by atoms with Gasteiger partial charge < -0.3 is 12.3 Å². The Morgan fingerprint density at radius 1 is 0.750 bits per heavy atom. The molecule has 0 heterocycles. The lowest BCUT2D eigenvalue weighted by Gasteiger charge is -2.41. The predicted molar refractivity (Wildman–Crippen MR) is 124 cm³/mol. The molecular weight excluding hydrogens is 405 g/mol. The highest BCUT2D eigenvalue weighted by Crippen LogP contribution is 2.28. The van der Waals surface area contributed by atoms with E-state index in [9.17, 15) is 0 Å². The Morgan fingerprint density at radius 2 is 1.17 bits per heavy atom. The van der Waals surface area contributed by atoms with Crippen LogP contribution in [0.3, 0.4) is 0 Å². The van der Waals surface area contributed by atoms with Crippen LogP contribution in [-0.2, 0) is 12.3 Å². The molecule has 0 aliphatic carbocycles. The summed E-state index contributed by atoms with van der Waals surface area (Å²) in [6.45, 7) is 19.5. The van der Waals surface area contributed by atoms with Gasteiger partial charge in [-0.1, -0.05) is 5.70 Å². The monoisotopic (exact) mass is 442 g/mol. The molecule has 0 fully saturated rings. The first kappa shape index (κ1) is 25.2. The number of hydrogen-bond donors (Lipinski definition) is 2. The van der Waals surface area contributed by atoms with Crippen LogP contribution in [0, 0.1) is 0 Å². The topological polar surface area (TPSA) is 27.7 Å². The lowest BCUT2D eigenvalue weighted by molar-refractivity contribution is 0.332. The van der Waals surface area contributed by atoms with Crippen LogP contribution >= 0.6 is 25.3 Å². The smallest absolute Gasteiger partial charge is 0.342 e. The van der Waals surface area contributed by atoms with Gasteiger partial charge in [-0.25, -0.2) is 0 Å². The summed E-state index contributed by atoms with van der Waals surface area (Å²) in [5.41, 5.74) is 1.92. The summed E-state index contributed by atoms with van der Waals surface area (Å²) < 4.78 is 19.7. The standard InChI is InChI=1S/C15H38O3S2Si4/c1-9-24(8,17-22(4,5)15-11-13-20)18-23(6,7)16-21(2,3)14-10-12-19/h9,19-20H,1,10-15H2,2-8H3. The summed E-state index contributed by atoms with van der Waals surface area (Å²) in [6.07, 6.45) is 2.19. The van der Waals surface area contributed by atoms with E-state index in [1.807, 2.05) is 5.70 Å². The van der Waals surface area contributed by atoms with Gasteiger partial charge in [-0.3, -0.25) is 0 Å². The molecule has 3 nitrogen and oxygen atoms in total. The number of rotatable bonds is 13. The van der Waals surface area contributed by atoms with Gasteiger partial charge in [-0.05, 0) is 82.3 Å². The second kappa shape index (κ2) is 10.5. The van der Waals surface area contributed by atoms with Gasteiger partial charge in [-0.2, -0.15) is 25.3 Å². The maximum absolute atomic E-state index is 6.57. The van der Waals surface area contributed by atoms with Crippen LogP contribution in [0.15, 0.2) is 12.3 Å². The fourth-order valence-electron chi connectivity index (χ4n) is 2.94. The summed E-state index contributed by atoms with van der Waals surface area (Å²) in [6, 6.07) is 2.22. The average molecular weight is 443 g/mol. The zero-order chi connectivity index (χ0) is 19.1. The minimum absolute atomic E-state index is 0.904. The van der Waals surface area contributed by atoms with E-state index in [0.717, 1.165) is 36.4 Å². The van der Waals surface area contributed by atoms with Crippen LogP contribution in [0.4, 0.5) is 0 Å². The lowest BCUT2D eigenvalue weighted by atomic mass is 10.6. The van der Waals surface area contributed by atoms with Crippen LogP contribution in [0.5, 0.6) is 0 Å². The van der Waals surface area contributed by atoms with Crippen molar-refractivity contribution in [2.75, 3.05) is 11.5 Å². The quantitative estimate of drug-likeness (QED) is 0.288. The van der Waals surface area contributed by atoms with E-state index in [1.54, 1.807) is 0 Å². The normalized spacial score (nSPS) is 16.0. The molecule has 0 bridgehead atoms. The molecule has 0 rings (SSSR count). The predicted octanol–water partition coefficient (Wildman–Crippen LogP) is 5.59. The minimum Gasteiger partial charge on any atom is -0.436 e. The summed E-state index contributed by atoms with van der Waals surface area (Å²) in [4.78, 5) is 0. The SMILES string of the molecule is C=C[Si](C)(O[Si](C)(C)CCCS)O[Si](C)(C)O[Si](C)(C)CCCS. The van der Waals surface area contributed by atoms with Gasteiger partial charge in [0.05, 0.1) is 0 Å². The largest absolute Gasteiger partial charge is 0.436 e. The molecule has 0 saturated heterocycles. The first-order valence-corrected chi connectivity index (χ1v) is 21.5. The van der Waals surface area contributed by atoms with Crippen molar-refractivity contribution in [1.29, 1.82) is 0 Å². The van der Waals surface area contributed by atoms with Crippen molar-refractivity contribution >= 4 is 59.0 Å². The molecule has 1 atom stereocenters. The molecule has 0 aliphatic heterocycles. The molecule has 0 radical (unpaired) electrons. The Hall–Kier alpha value is 1.19. The summed E-state index contributed by atoms with van der Waals surface area (Å²) in [7, 11) is -8.20. The van der Waals surface area contributed by atoms with Crippen molar-refractivity contribution in [2.45, 2.75) is 70.8 Å². The second-order valence-electron chi connectivity index (χ2n) is 8.10. The van der Waals surface area contributed by atoms with Crippen LogP contribution < -0.4 is 0 Å². The third kappa shape index (κ3) is 11.0. The van der Waals surface area contributed by atoms with Crippen molar-refractivity contribution in [3.8, 4) is 0 Å². The molecule has 9 heteroatoms. The Kier molecular flexibility index (Phi) is 11.0. The van der Waals surface area contributed by atoms with E-state index in [2.05, 4.69) is 77.7 Å². The first-order chi connectivity index (χ1) is 10.8. The van der Waals surface area contributed by atoms with Crippen molar-refractivity contribution in [1.82, 2.24) is 0 Å². The Labute approximate surface area is 165 Å². The third-order valence-corrected chi connectivity index (χ3v) is 19.8. The third-order valence-electron chi connectivity index (χ3n) is 3.69. The van der Waals surface area contributed by atoms with Gasteiger partial charge >= 0.3 is 17.1 Å². The molecule has 0 saturated carbocycles. The highest BCUT2D eigenvalue weighted by atomic mass is 32.1. The summed E-state index contributed by atoms with van der Waals surface area (Å²) in [5, 5.41) is 0. The molecule has 0 aromatic rings. The molecule has 0 aromatic carbocycles. The Morgan fingerprint density at radius 3 is 1.54 bits per heavy atom. The maximum atomic E-state index is 6.57. The highest BCUT2D eigenvalue weighted by Gasteiger charge is 2.44. The maximum Gasteiger partial charge on any atom is 0.342 e. The van der Waals surface area contributed by atoms with Crippen molar-refractivity contribution in [3.05, 3.63) is 12.3 Å². The summed E-state index contributed by atoms with van der Waals surface area (Å²) >= 11 is 8.64. The molecule has 1 unspecified atom stereocenters. The van der Waals surface area contributed by atoms with E-state index in [4.69, 9.17) is 12.3 Å². The van der Waals surface area contributed by atoms with Gasteiger partial charge in [0.2, 0.25) is 0 Å². The highest BCUT2D eigenvalue weighted by molar-refractivity contribution is 7.80.